The molecule has 1 amide bonds. The molecule has 5 rings (SSSR count). The first kappa shape index (κ1) is 19.7. The van der Waals surface area contributed by atoms with E-state index in [0.717, 1.165) is 49.5 Å². The van der Waals surface area contributed by atoms with E-state index in [-0.39, 0.29) is 11.9 Å². The Hall–Kier alpha value is -2.20. The summed E-state index contributed by atoms with van der Waals surface area (Å²) in [6.45, 7) is 4.03. The molecule has 1 fully saturated rings. The molecule has 0 aromatic heterocycles. The first-order chi connectivity index (χ1) is 14.7. The van der Waals surface area contributed by atoms with E-state index in [0.29, 0.717) is 11.8 Å². The van der Waals surface area contributed by atoms with Crippen molar-refractivity contribution >= 4 is 23.4 Å². The maximum Gasteiger partial charge on any atom is 0.255 e. The van der Waals surface area contributed by atoms with Gasteiger partial charge in [-0.1, -0.05) is 43.3 Å². The van der Waals surface area contributed by atoms with Crippen LogP contribution >= 0.6 is 11.8 Å². The molecule has 0 saturated carbocycles. The molecule has 1 aliphatic carbocycles. The van der Waals surface area contributed by atoms with E-state index in [2.05, 4.69) is 71.9 Å². The summed E-state index contributed by atoms with van der Waals surface area (Å²) in [7, 11) is 0. The first-order valence-corrected chi connectivity index (χ1v) is 12.4. The van der Waals surface area contributed by atoms with Crippen LogP contribution in [0.1, 0.15) is 59.6 Å². The third kappa shape index (κ3) is 3.45. The van der Waals surface area contributed by atoms with Gasteiger partial charge >= 0.3 is 0 Å². The van der Waals surface area contributed by atoms with Crippen LogP contribution in [0.2, 0.25) is 0 Å². The molecule has 4 heteroatoms. The number of anilines is 1. The topological polar surface area (TPSA) is 32.3 Å². The molecule has 0 radical (unpaired) electrons. The molecule has 0 bridgehead atoms. The number of carbonyl (C=O) groups is 1. The molecular weight excluding hydrogens is 388 g/mol. The highest BCUT2D eigenvalue weighted by Gasteiger charge is 2.39. The van der Waals surface area contributed by atoms with Crippen LogP contribution in [-0.4, -0.2) is 30.2 Å². The molecule has 2 aromatic rings. The lowest BCUT2D eigenvalue weighted by Crippen LogP contribution is -2.39. The molecule has 30 heavy (non-hydrogen) atoms. The van der Waals surface area contributed by atoms with Gasteiger partial charge in [0.05, 0.1) is 17.3 Å². The summed E-state index contributed by atoms with van der Waals surface area (Å²) < 4.78 is 0. The average molecular weight is 419 g/mol. The van der Waals surface area contributed by atoms with Gasteiger partial charge in [0, 0.05) is 23.9 Å². The minimum absolute atomic E-state index is 0.183. The molecule has 1 N–H and O–H groups in total. The van der Waals surface area contributed by atoms with Crippen LogP contribution in [0.15, 0.2) is 59.5 Å². The van der Waals surface area contributed by atoms with Crippen LogP contribution in [0.5, 0.6) is 0 Å². The number of nitrogens with zero attached hydrogens (tertiary/aromatic N) is 1. The number of hydrogen-bond acceptors (Lipinski definition) is 3. The maximum absolute atomic E-state index is 13.5. The lowest BCUT2D eigenvalue weighted by molar-refractivity contribution is 0.0698. The Kier molecular flexibility index (Phi) is 5.36. The van der Waals surface area contributed by atoms with Crippen molar-refractivity contribution in [2.75, 3.05) is 24.7 Å². The van der Waals surface area contributed by atoms with Gasteiger partial charge < -0.3 is 10.2 Å². The zero-order valence-corrected chi connectivity index (χ0v) is 18.6. The van der Waals surface area contributed by atoms with E-state index < -0.39 is 0 Å². The summed E-state index contributed by atoms with van der Waals surface area (Å²) in [6.07, 6.45) is 10.1. The molecule has 2 heterocycles. The molecule has 2 aromatic carbocycles. The second-order valence-electron chi connectivity index (χ2n) is 8.99. The second-order valence-corrected chi connectivity index (χ2v) is 9.87. The smallest absolute Gasteiger partial charge is 0.255 e. The number of likely N-dealkylation sites (tertiary alicyclic amines) is 1. The summed E-state index contributed by atoms with van der Waals surface area (Å²) in [5.74, 6) is 1.78. The highest BCUT2D eigenvalue weighted by Crippen LogP contribution is 2.50. The van der Waals surface area contributed by atoms with Crippen molar-refractivity contribution in [3.05, 3.63) is 71.3 Å². The zero-order chi connectivity index (χ0) is 20.7. The summed E-state index contributed by atoms with van der Waals surface area (Å²) in [6, 6.07) is 15.4. The first-order valence-electron chi connectivity index (χ1n) is 11.1. The number of benzene rings is 2. The number of thioether (sulfide) groups is 1. The van der Waals surface area contributed by atoms with Gasteiger partial charge in [-0.15, -0.1) is 11.8 Å². The van der Waals surface area contributed by atoms with E-state index in [1.165, 1.54) is 16.0 Å². The Balaban J connectivity index is 1.50. The van der Waals surface area contributed by atoms with Gasteiger partial charge in [-0.3, -0.25) is 4.79 Å². The van der Waals surface area contributed by atoms with Crippen molar-refractivity contribution in [3.8, 4) is 0 Å². The fraction of sp³-hybridized carbons (Fsp3) is 0.423. The quantitative estimate of drug-likeness (QED) is 0.482. The molecular formula is C26H30N2OS. The number of piperidine rings is 1. The van der Waals surface area contributed by atoms with Crippen LogP contribution in [0.3, 0.4) is 0 Å². The maximum atomic E-state index is 13.5. The molecule has 2 aliphatic heterocycles. The largest absolute Gasteiger partial charge is 0.377 e. The van der Waals surface area contributed by atoms with Crippen molar-refractivity contribution < 1.29 is 4.79 Å². The van der Waals surface area contributed by atoms with Crippen molar-refractivity contribution in [2.45, 2.75) is 43.0 Å². The fourth-order valence-electron chi connectivity index (χ4n) is 5.32. The van der Waals surface area contributed by atoms with Gasteiger partial charge in [-0.25, -0.2) is 0 Å². The zero-order valence-electron chi connectivity index (χ0n) is 17.8. The van der Waals surface area contributed by atoms with Crippen molar-refractivity contribution in [2.24, 2.45) is 11.8 Å². The fourth-order valence-corrected chi connectivity index (χ4v) is 5.73. The third-order valence-corrected chi connectivity index (χ3v) is 7.92. The molecule has 3 nitrogen and oxygen atoms in total. The van der Waals surface area contributed by atoms with Crippen molar-refractivity contribution in [3.63, 3.8) is 0 Å². The number of nitrogens with one attached hydrogen (secondary N) is 1. The number of carbonyl (C=O) groups excluding carboxylic acids is 1. The minimum Gasteiger partial charge on any atom is -0.377 e. The third-order valence-electron chi connectivity index (χ3n) is 7.17. The van der Waals surface area contributed by atoms with Crippen LogP contribution < -0.4 is 5.32 Å². The number of allylic oxidation sites excluding steroid dienone is 2. The Morgan fingerprint density at radius 1 is 1.10 bits per heavy atom. The molecule has 0 spiro atoms. The number of para-hydroxylation sites is 1. The highest BCUT2D eigenvalue weighted by atomic mass is 32.2. The van der Waals surface area contributed by atoms with Crippen LogP contribution in [0, 0.1) is 11.8 Å². The van der Waals surface area contributed by atoms with E-state index in [9.17, 15) is 4.79 Å². The Labute approximate surface area is 183 Å². The number of amides is 1. The van der Waals surface area contributed by atoms with Crippen LogP contribution in [0.4, 0.5) is 5.69 Å². The van der Waals surface area contributed by atoms with Gasteiger partial charge in [-0.05, 0) is 66.7 Å². The van der Waals surface area contributed by atoms with Gasteiger partial charge in [0.1, 0.15) is 0 Å². The van der Waals surface area contributed by atoms with Crippen molar-refractivity contribution in [1.29, 1.82) is 0 Å². The SMILES string of the molecule is CSc1ccc(C2Nc3c(C(=O)N4CCC(C)CC4)cccc3C3C=CCC32)cc1. The standard InChI is InChI=1S/C26H30N2OS/c1-17-13-15-28(16-14-17)26(29)23-8-4-7-22-20-5-3-6-21(20)24(27-25(22)23)18-9-11-19(30-2)12-10-18/h3-5,7-12,17,20-21,24,27H,6,13-16H2,1-2H3. The number of rotatable bonds is 3. The summed E-state index contributed by atoms with van der Waals surface area (Å²) in [5.41, 5.74) is 4.48. The van der Waals surface area contributed by atoms with E-state index in [4.69, 9.17) is 0 Å². The lowest BCUT2D eigenvalue weighted by Gasteiger charge is -2.39. The van der Waals surface area contributed by atoms with Crippen LogP contribution in [-0.2, 0) is 0 Å². The molecule has 1 saturated heterocycles. The predicted octanol–water partition coefficient (Wildman–Crippen LogP) is 6.11. The van der Waals surface area contributed by atoms with Gasteiger partial charge in [0.25, 0.3) is 5.91 Å². The van der Waals surface area contributed by atoms with Gasteiger partial charge in [-0.2, -0.15) is 0 Å². The Morgan fingerprint density at radius 3 is 2.60 bits per heavy atom. The Morgan fingerprint density at radius 2 is 1.87 bits per heavy atom. The van der Waals surface area contributed by atoms with E-state index in [1.807, 2.05) is 6.07 Å². The number of fused-ring (bicyclic) bond motifs is 3. The molecule has 156 valence electrons. The Bertz CT molecular complexity index is 959. The minimum atomic E-state index is 0.183. The van der Waals surface area contributed by atoms with E-state index in [1.54, 1.807) is 11.8 Å². The summed E-state index contributed by atoms with van der Waals surface area (Å²) >= 11 is 1.77. The lowest BCUT2D eigenvalue weighted by atomic mass is 9.76. The summed E-state index contributed by atoms with van der Waals surface area (Å²) in [4.78, 5) is 16.8. The second kappa shape index (κ2) is 8.14. The molecule has 3 aliphatic rings. The molecule has 3 atom stereocenters. The van der Waals surface area contributed by atoms with Crippen molar-refractivity contribution in [1.82, 2.24) is 4.90 Å². The average Bonchev–Trinajstić information content (AvgIpc) is 3.28. The molecule has 3 unspecified atom stereocenters. The highest BCUT2D eigenvalue weighted by molar-refractivity contribution is 7.98. The van der Waals surface area contributed by atoms with Gasteiger partial charge in [0.15, 0.2) is 0 Å². The monoisotopic (exact) mass is 418 g/mol. The predicted molar refractivity (Wildman–Crippen MR) is 125 cm³/mol. The normalized spacial score (nSPS) is 25.5. The van der Waals surface area contributed by atoms with Gasteiger partial charge in [0.2, 0.25) is 0 Å². The number of hydrogen-bond donors (Lipinski definition) is 1. The summed E-state index contributed by atoms with van der Waals surface area (Å²) in [5, 5.41) is 3.83. The van der Waals surface area contributed by atoms with E-state index >= 15 is 0 Å². The van der Waals surface area contributed by atoms with Crippen LogP contribution in [0.25, 0.3) is 0 Å².